The second kappa shape index (κ2) is 8.90. The number of phenols is 1. The highest BCUT2D eigenvalue weighted by Gasteiger charge is 2.16. The van der Waals surface area contributed by atoms with Crippen LogP contribution in [-0.4, -0.2) is 33.7 Å². The summed E-state index contributed by atoms with van der Waals surface area (Å²) in [5.41, 5.74) is 2.20. The molecule has 0 aliphatic heterocycles. The number of amides is 1. The van der Waals surface area contributed by atoms with Crippen molar-refractivity contribution in [2.45, 2.75) is 6.92 Å². The molecule has 0 saturated heterocycles. The van der Waals surface area contributed by atoms with Crippen LogP contribution in [0.3, 0.4) is 0 Å². The van der Waals surface area contributed by atoms with E-state index in [0.717, 1.165) is 18.3 Å². The van der Waals surface area contributed by atoms with E-state index >= 15 is 0 Å². The van der Waals surface area contributed by atoms with Gasteiger partial charge in [-0.25, -0.2) is 5.43 Å². The third-order valence-electron chi connectivity index (χ3n) is 3.35. The number of nitrogens with one attached hydrogen (secondary N) is 1. The maximum absolute atomic E-state index is 11.8. The fourth-order valence-electron chi connectivity index (χ4n) is 2.05. The zero-order chi connectivity index (χ0) is 20.8. The topological polar surface area (TPSA) is 157 Å². The molecule has 0 heterocycles. The van der Waals surface area contributed by atoms with Gasteiger partial charge in [-0.2, -0.15) is 5.10 Å². The highest BCUT2D eigenvalue weighted by atomic mass is 79.9. The molecule has 0 fully saturated rings. The number of carbonyl (C=O) groups is 1. The second-order valence-electron chi connectivity index (χ2n) is 5.43. The quantitative estimate of drug-likeness (QED) is 0.371. The first-order valence-corrected chi connectivity index (χ1v) is 8.35. The first-order chi connectivity index (χ1) is 13.2. The number of phenolic OH excluding ortho intramolecular Hbond substituents is 1. The van der Waals surface area contributed by atoms with Crippen molar-refractivity contribution in [3.63, 3.8) is 0 Å². The van der Waals surface area contributed by atoms with Crippen molar-refractivity contribution in [3.05, 3.63) is 66.2 Å². The number of non-ortho nitro benzene ring substituents is 1. The van der Waals surface area contributed by atoms with Gasteiger partial charge in [-0.1, -0.05) is 6.07 Å². The van der Waals surface area contributed by atoms with Crippen LogP contribution in [0, 0.1) is 27.2 Å². The molecule has 12 heteroatoms. The van der Waals surface area contributed by atoms with Crippen LogP contribution in [0.25, 0.3) is 0 Å². The minimum atomic E-state index is -0.727. The number of halogens is 1. The lowest BCUT2D eigenvalue weighted by Crippen LogP contribution is -2.24. The van der Waals surface area contributed by atoms with Crippen LogP contribution >= 0.6 is 15.9 Å². The highest BCUT2D eigenvalue weighted by molar-refractivity contribution is 9.10. The number of nitro groups is 2. The summed E-state index contributed by atoms with van der Waals surface area (Å²) in [5.74, 6) is -1.10. The molecule has 1 amide bonds. The Hall–Kier alpha value is -3.54. The third kappa shape index (κ3) is 5.23. The predicted molar refractivity (Wildman–Crippen MR) is 102 cm³/mol. The number of rotatable bonds is 7. The van der Waals surface area contributed by atoms with Crippen LogP contribution in [0.1, 0.15) is 11.1 Å². The Morgan fingerprint density at radius 2 is 2.00 bits per heavy atom. The lowest BCUT2D eigenvalue weighted by molar-refractivity contribution is -0.385. The maximum atomic E-state index is 11.8. The van der Waals surface area contributed by atoms with Crippen LogP contribution in [0.15, 0.2) is 39.9 Å². The minimum absolute atomic E-state index is 0.00327. The zero-order valence-electron chi connectivity index (χ0n) is 14.3. The number of benzene rings is 2. The number of hydrogen-bond donors (Lipinski definition) is 2. The van der Waals surface area contributed by atoms with Crippen LogP contribution in [0.2, 0.25) is 0 Å². The van der Waals surface area contributed by atoms with Crippen molar-refractivity contribution in [2.75, 3.05) is 6.61 Å². The summed E-state index contributed by atoms with van der Waals surface area (Å²) in [7, 11) is 0. The summed E-state index contributed by atoms with van der Waals surface area (Å²) in [6, 6.07) is 6.48. The van der Waals surface area contributed by atoms with E-state index in [1.54, 1.807) is 13.0 Å². The van der Waals surface area contributed by atoms with Gasteiger partial charge in [0.05, 0.1) is 20.5 Å². The minimum Gasteiger partial charge on any atom is -0.506 e. The molecule has 0 aromatic heterocycles. The summed E-state index contributed by atoms with van der Waals surface area (Å²) in [6.45, 7) is 1.13. The highest BCUT2D eigenvalue weighted by Crippen LogP contribution is 2.31. The van der Waals surface area contributed by atoms with Crippen LogP contribution in [-0.2, 0) is 4.79 Å². The van der Waals surface area contributed by atoms with E-state index in [-0.39, 0.29) is 32.9 Å². The van der Waals surface area contributed by atoms with E-state index in [0.29, 0.717) is 5.56 Å². The van der Waals surface area contributed by atoms with Gasteiger partial charge in [-0.05, 0) is 34.5 Å². The van der Waals surface area contributed by atoms with Gasteiger partial charge in [0.2, 0.25) is 0 Å². The molecular weight excluding hydrogens is 440 g/mol. The molecule has 0 aliphatic rings. The zero-order valence-corrected chi connectivity index (χ0v) is 15.9. The molecule has 0 atom stereocenters. The molecule has 0 bridgehead atoms. The monoisotopic (exact) mass is 452 g/mol. The van der Waals surface area contributed by atoms with Crippen molar-refractivity contribution in [3.8, 4) is 11.5 Å². The van der Waals surface area contributed by atoms with Gasteiger partial charge in [0.1, 0.15) is 5.75 Å². The number of aryl methyl sites for hydroxylation is 1. The van der Waals surface area contributed by atoms with E-state index in [4.69, 9.17) is 4.74 Å². The first kappa shape index (κ1) is 20.8. The number of nitro benzene ring substituents is 2. The summed E-state index contributed by atoms with van der Waals surface area (Å²) in [6.07, 6.45) is 1.01. The second-order valence-corrected chi connectivity index (χ2v) is 6.29. The van der Waals surface area contributed by atoms with E-state index in [1.807, 2.05) is 0 Å². The summed E-state index contributed by atoms with van der Waals surface area (Å²) < 4.78 is 5.23. The van der Waals surface area contributed by atoms with Gasteiger partial charge in [0, 0.05) is 23.8 Å². The molecule has 28 heavy (non-hydrogen) atoms. The molecular formula is C16H13BrN4O7. The van der Waals surface area contributed by atoms with Crippen LogP contribution in [0.4, 0.5) is 11.4 Å². The normalized spacial score (nSPS) is 10.6. The van der Waals surface area contributed by atoms with Gasteiger partial charge in [0.25, 0.3) is 11.6 Å². The molecule has 0 unspecified atom stereocenters. The molecule has 146 valence electrons. The van der Waals surface area contributed by atoms with Gasteiger partial charge in [-0.15, -0.1) is 0 Å². The van der Waals surface area contributed by atoms with Crippen LogP contribution in [0.5, 0.6) is 11.5 Å². The molecule has 2 N–H and O–H groups in total. The largest absolute Gasteiger partial charge is 0.506 e. The number of carbonyl (C=O) groups excluding carboxylic acids is 1. The third-order valence-corrected chi connectivity index (χ3v) is 3.96. The molecule has 0 spiro atoms. The summed E-state index contributed by atoms with van der Waals surface area (Å²) >= 11 is 2.98. The number of nitrogens with zero attached hydrogens (tertiary/aromatic N) is 3. The average Bonchev–Trinajstić information content (AvgIpc) is 2.63. The number of ether oxygens (including phenoxy) is 1. The Balaban J connectivity index is 2.02. The fraction of sp³-hybridized carbons (Fsp3) is 0.125. The van der Waals surface area contributed by atoms with Crippen LogP contribution < -0.4 is 10.2 Å². The van der Waals surface area contributed by atoms with Crippen molar-refractivity contribution >= 4 is 39.4 Å². The SMILES string of the molecule is Cc1ccc(OCC(=O)NN=Cc2cc([N+](=O)[O-])cc(Br)c2O)c([N+](=O)[O-])c1. The van der Waals surface area contributed by atoms with E-state index in [9.17, 15) is 30.1 Å². The number of aromatic hydroxyl groups is 1. The lowest BCUT2D eigenvalue weighted by atomic mass is 10.2. The first-order valence-electron chi connectivity index (χ1n) is 7.55. The Labute approximate surface area is 166 Å². The van der Waals surface area contributed by atoms with E-state index in [2.05, 4.69) is 26.5 Å². The van der Waals surface area contributed by atoms with Crippen molar-refractivity contribution in [1.82, 2.24) is 5.43 Å². The molecule has 0 saturated carbocycles. The standard InChI is InChI=1S/C16H13BrN4O7/c1-9-2-3-14(13(4-9)21(26)27)28-8-15(22)19-18-7-10-5-11(20(24)25)6-12(17)16(10)23/h2-7,23H,8H2,1H3,(H,19,22). The number of hydrazone groups is 1. The molecule has 2 aromatic rings. The van der Waals surface area contributed by atoms with Gasteiger partial charge >= 0.3 is 5.69 Å². The predicted octanol–water partition coefficient (Wildman–Crippen LogP) is 2.81. The summed E-state index contributed by atoms with van der Waals surface area (Å²) in [4.78, 5) is 32.4. The summed E-state index contributed by atoms with van der Waals surface area (Å²) in [5, 5.41) is 35.3. The number of hydrogen-bond acceptors (Lipinski definition) is 8. The maximum Gasteiger partial charge on any atom is 0.311 e. The molecule has 0 aliphatic carbocycles. The molecule has 2 aromatic carbocycles. The molecule has 11 nitrogen and oxygen atoms in total. The average molecular weight is 453 g/mol. The van der Waals surface area contributed by atoms with Gasteiger partial charge < -0.3 is 9.84 Å². The molecule has 2 rings (SSSR count). The van der Waals surface area contributed by atoms with E-state index < -0.39 is 22.4 Å². The lowest BCUT2D eigenvalue weighted by Gasteiger charge is -2.06. The van der Waals surface area contributed by atoms with Gasteiger partial charge in [-0.3, -0.25) is 25.0 Å². The van der Waals surface area contributed by atoms with Crippen molar-refractivity contribution < 1.29 is 24.5 Å². The Bertz CT molecular complexity index is 978. The fourth-order valence-corrected chi connectivity index (χ4v) is 2.51. The van der Waals surface area contributed by atoms with Crippen molar-refractivity contribution in [1.29, 1.82) is 0 Å². The smallest absolute Gasteiger partial charge is 0.311 e. The Morgan fingerprint density at radius 1 is 1.29 bits per heavy atom. The van der Waals surface area contributed by atoms with Crippen molar-refractivity contribution in [2.24, 2.45) is 5.10 Å². The van der Waals surface area contributed by atoms with Gasteiger partial charge in [0.15, 0.2) is 12.4 Å². The van der Waals surface area contributed by atoms with E-state index in [1.165, 1.54) is 12.1 Å². The Morgan fingerprint density at radius 3 is 2.64 bits per heavy atom. The Kier molecular flexibility index (Phi) is 6.60. The molecule has 0 radical (unpaired) electrons.